The fourth-order valence-electron chi connectivity index (χ4n) is 2.78. The fraction of sp³-hybridized carbons (Fsp3) is 0.0526. The van der Waals surface area contributed by atoms with Crippen molar-refractivity contribution in [1.82, 2.24) is 9.71 Å². The molecule has 2 aromatic carbocycles. The number of aromatic nitrogens is 1. The number of pyridine rings is 1. The predicted octanol–water partition coefficient (Wildman–Crippen LogP) is 4.20. The predicted molar refractivity (Wildman–Crippen MR) is 107 cm³/mol. The molecule has 0 fully saturated rings. The molecule has 1 aromatic heterocycles. The minimum Gasteiger partial charge on any atom is -0.450 e. The first-order valence-electron chi connectivity index (χ1n) is 8.64. The molecule has 0 spiro atoms. The van der Waals surface area contributed by atoms with Gasteiger partial charge >= 0.3 is 0 Å². The van der Waals surface area contributed by atoms with Crippen LogP contribution in [0.15, 0.2) is 58.5 Å². The third-order valence-electron chi connectivity index (χ3n) is 4.15. The van der Waals surface area contributed by atoms with E-state index < -0.39 is 49.8 Å². The van der Waals surface area contributed by atoms with Gasteiger partial charge in [0.05, 0.1) is 17.3 Å². The van der Waals surface area contributed by atoms with Gasteiger partial charge in [0.2, 0.25) is 5.96 Å². The van der Waals surface area contributed by atoms with Crippen molar-refractivity contribution in [2.24, 2.45) is 4.99 Å². The summed E-state index contributed by atoms with van der Waals surface area (Å²) in [5.41, 5.74) is -0.573. The van der Waals surface area contributed by atoms with E-state index in [1.54, 1.807) is 12.1 Å². The van der Waals surface area contributed by atoms with Crippen LogP contribution in [0.5, 0.6) is 11.5 Å². The number of nitrogens with one attached hydrogen (secondary N) is 2. The number of guanidine groups is 1. The van der Waals surface area contributed by atoms with Gasteiger partial charge in [0.15, 0.2) is 16.5 Å². The number of ether oxygens (including phenoxy) is 1. The van der Waals surface area contributed by atoms with Crippen molar-refractivity contribution < 1.29 is 26.3 Å². The first kappa shape index (κ1) is 20.9. The van der Waals surface area contributed by atoms with Crippen LogP contribution in [0.3, 0.4) is 0 Å². The summed E-state index contributed by atoms with van der Waals surface area (Å²) in [6.45, 7) is -0.342. The maximum Gasteiger partial charge on any atom is 0.269 e. The Morgan fingerprint density at radius 2 is 1.84 bits per heavy atom. The summed E-state index contributed by atoms with van der Waals surface area (Å²) < 4.78 is 75.4. The Balaban J connectivity index is 1.78. The van der Waals surface area contributed by atoms with E-state index in [4.69, 9.17) is 16.3 Å². The maximum atomic E-state index is 14.6. The van der Waals surface area contributed by atoms with Crippen LogP contribution in [0, 0.1) is 17.5 Å². The van der Waals surface area contributed by atoms with Crippen molar-refractivity contribution in [2.75, 3.05) is 5.32 Å². The number of nitrogens with zero attached hydrogens (tertiary/aromatic N) is 2. The number of aliphatic imine (C=N–C) groups is 1. The van der Waals surface area contributed by atoms with Crippen LogP contribution in [0.2, 0.25) is 5.02 Å². The third kappa shape index (κ3) is 4.14. The molecule has 2 heterocycles. The molecule has 0 saturated carbocycles. The molecule has 1 aliphatic heterocycles. The number of halogens is 4. The smallest absolute Gasteiger partial charge is 0.269 e. The summed E-state index contributed by atoms with van der Waals surface area (Å²) in [7, 11) is -4.49. The maximum absolute atomic E-state index is 14.6. The quantitative estimate of drug-likeness (QED) is 0.598. The Labute approximate surface area is 179 Å². The number of rotatable bonds is 4. The molecule has 0 unspecified atom stereocenters. The highest BCUT2D eigenvalue weighted by Gasteiger charge is 2.35. The number of fused-ring (bicyclic) bond motifs is 1. The Bertz CT molecular complexity index is 1320. The molecule has 0 aliphatic carbocycles. The molecule has 0 amide bonds. The normalized spacial score (nSPS) is 15.7. The van der Waals surface area contributed by atoms with Gasteiger partial charge in [-0.05, 0) is 24.3 Å². The van der Waals surface area contributed by atoms with E-state index in [1.165, 1.54) is 24.4 Å². The van der Waals surface area contributed by atoms with Crippen LogP contribution >= 0.6 is 11.6 Å². The summed E-state index contributed by atoms with van der Waals surface area (Å²) in [6.07, 6.45) is 1.34. The molecule has 0 radical (unpaired) electrons. The molecule has 12 heteroatoms. The molecule has 160 valence electrons. The van der Waals surface area contributed by atoms with Gasteiger partial charge in [-0.1, -0.05) is 23.7 Å². The van der Waals surface area contributed by atoms with Gasteiger partial charge in [-0.25, -0.2) is 31.3 Å². The van der Waals surface area contributed by atoms with Gasteiger partial charge in [-0.3, -0.25) is 4.98 Å². The van der Waals surface area contributed by atoms with Crippen molar-refractivity contribution in [3.05, 3.63) is 76.8 Å². The molecule has 0 bridgehead atoms. The van der Waals surface area contributed by atoms with E-state index in [0.717, 1.165) is 6.07 Å². The lowest BCUT2D eigenvalue weighted by molar-refractivity contribution is 0.435. The highest BCUT2D eigenvalue weighted by Crippen LogP contribution is 2.42. The zero-order chi connectivity index (χ0) is 22.2. The van der Waals surface area contributed by atoms with E-state index in [2.05, 4.69) is 15.3 Å². The molecule has 7 nitrogen and oxygen atoms in total. The van der Waals surface area contributed by atoms with Gasteiger partial charge in [0.1, 0.15) is 23.1 Å². The molecule has 31 heavy (non-hydrogen) atoms. The Morgan fingerprint density at radius 3 is 2.58 bits per heavy atom. The molecule has 2 N–H and O–H groups in total. The second kappa shape index (κ2) is 8.08. The molecular formula is C19H12ClF3N4O3S. The molecule has 0 atom stereocenters. The number of para-hydroxylation sites is 1. The van der Waals surface area contributed by atoms with Crippen molar-refractivity contribution in [1.29, 1.82) is 0 Å². The van der Waals surface area contributed by atoms with E-state index in [0.29, 0.717) is 6.07 Å². The third-order valence-corrected chi connectivity index (χ3v) is 5.87. The van der Waals surface area contributed by atoms with E-state index in [1.807, 2.05) is 4.72 Å². The highest BCUT2D eigenvalue weighted by atomic mass is 35.5. The van der Waals surface area contributed by atoms with Gasteiger partial charge < -0.3 is 10.1 Å². The van der Waals surface area contributed by atoms with E-state index >= 15 is 0 Å². The van der Waals surface area contributed by atoms with Crippen molar-refractivity contribution in [2.45, 2.75) is 11.4 Å². The first-order chi connectivity index (χ1) is 14.8. The SMILES string of the molecule is O=S1(=O)NC(=NCc2ncccc2F)Nc2c(Oc3ccccc3Cl)c(F)cc(F)c21. The number of anilines is 1. The Hall–Kier alpha value is -3.31. The van der Waals surface area contributed by atoms with Crippen LogP contribution in [-0.2, 0) is 16.6 Å². The second-order valence-corrected chi connectivity index (χ2v) is 8.26. The molecule has 0 saturated heterocycles. The molecular weight excluding hydrogens is 457 g/mol. The Morgan fingerprint density at radius 1 is 1.06 bits per heavy atom. The summed E-state index contributed by atoms with van der Waals surface area (Å²) in [6, 6.07) is 9.01. The molecule has 1 aliphatic rings. The van der Waals surface area contributed by atoms with Gasteiger partial charge in [-0.2, -0.15) is 0 Å². The van der Waals surface area contributed by atoms with Crippen LogP contribution in [0.25, 0.3) is 0 Å². The number of hydrogen-bond acceptors (Lipinski definition) is 5. The van der Waals surface area contributed by atoms with Crippen LogP contribution in [-0.4, -0.2) is 19.4 Å². The van der Waals surface area contributed by atoms with Crippen molar-refractivity contribution >= 4 is 33.3 Å². The zero-order valence-corrected chi connectivity index (χ0v) is 16.9. The minimum absolute atomic E-state index is 0.0173. The van der Waals surface area contributed by atoms with Crippen LogP contribution < -0.4 is 14.8 Å². The Kier molecular flexibility index (Phi) is 5.46. The minimum atomic E-state index is -4.49. The van der Waals surface area contributed by atoms with Gasteiger partial charge in [-0.15, -0.1) is 0 Å². The summed E-state index contributed by atoms with van der Waals surface area (Å²) in [5.74, 6) is -4.14. The first-order valence-corrected chi connectivity index (χ1v) is 10.5. The lowest BCUT2D eigenvalue weighted by Gasteiger charge is -2.24. The van der Waals surface area contributed by atoms with Gasteiger partial charge in [0.25, 0.3) is 10.0 Å². The summed E-state index contributed by atoms with van der Waals surface area (Å²) in [5, 5.41) is 2.62. The van der Waals surface area contributed by atoms with E-state index in [-0.39, 0.29) is 23.0 Å². The van der Waals surface area contributed by atoms with Crippen LogP contribution in [0.4, 0.5) is 18.9 Å². The lowest BCUT2D eigenvalue weighted by Crippen LogP contribution is -2.41. The highest BCUT2D eigenvalue weighted by molar-refractivity contribution is 7.90. The van der Waals surface area contributed by atoms with Gasteiger partial charge in [0, 0.05) is 12.3 Å². The second-order valence-electron chi connectivity index (χ2n) is 6.23. The molecule has 3 aromatic rings. The number of hydrogen-bond donors (Lipinski definition) is 2. The fourth-order valence-corrected chi connectivity index (χ4v) is 4.16. The largest absolute Gasteiger partial charge is 0.450 e. The average molecular weight is 469 g/mol. The lowest BCUT2D eigenvalue weighted by atomic mass is 10.2. The van der Waals surface area contributed by atoms with Crippen LogP contribution in [0.1, 0.15) is 5.69 Å². The molecule has 4 rings (SSSR count). The standard InChI is InChI=1S/C19H12ClF3N4O3S/c20-10-4-1-2-6-15(10)30-17-12(22)8-13(23)18-16(17)26-19(27-31(18,28)29)25-9-14-11(21)5-3-7-24-14/h1-8H,9H2,(H2,25,26,27). The number of benzene rings is 2. The average Bonchev–Trinajstić information content (AvgIpc) is 2.70. The number of sulfonamides is 1. The summed E-state index contributed by atoms with van der Waals surface area (Å²) in [4.78, 5) is 6.87. The van der Waals surface area contributed by atoms with E-state index in [9.17, 15) is 21.6 Å². The monoisotopic (exact) mass is 468 g/mol. The summed E-state index contributed by atoms with van der Waals surface area (Å²) >= 11 is 6.02. The zero-order valence-electron chi connectivity index (χ0n) is 15.4. The van der Waals surface area contributed by atoms with Crippen molar-refractivity contribution in [3.8, 4) is 11.5 Å². The van der Waals surface area contributed by atoms with Crippen molar-refractivity contribution in [3.63, 3.8) is 0 Å². The topological polar surface area (TPSA) is 92.7 Å².